The molecule has 0 aliphatic carbocycles. The Balaban J connectivity index is 1.57. The van der Waals surface area contributed by atoms with Gasteiger partial charge in [0.15, 0.2) is 6.61 Å². The Morgan fingerprint density at radius 1 is 1.13 bits per heavy atom. The van der Waals surface area contributed by atoms with Crippen molar-refractivity contribution in [1.82, 2.24) is 5.32 Å². The fourth-order valence-electron chi connectivity index (χ4n) is 3.48. The molecule has 2 amide bonds. The zero-order chi connectivity index (χ0) is 21.3. The van der Waals surface area contributed by atoms with Crippen molar-refractivity contribution >= 4 is 34.8 Å². The fraction of sp³-hybridized carbons (Fsp3) is 0.391. The van der Waals surface area contributed by atoms with E-state index in [9.17, 15) is 9.59 Å². The number of para-hydroxylation sites is 1. The van der Waals surface area contributed by atoms with Crippen molar-refractivity contribution in [1.29, 1.82) is 0 Å². The minimum Gasteiger partial charge on any atom is -0.482 e. The van der Waals surface area contributed by atoms with Gasteiger partial charge in [0.1, 0.15) is 11.8 Å². The maximum atomic E-state index is 12.8. The third-order valence-corrected chi connectivity index (χ3v) is 5.32. The first-order chi connectivity index (χ1) is 14.6. The standard InChI is InChI=1S/C23H28ClN3O3/c1-2-8-20(26-22(28)16-30-21-12-4-3-11-19(21)24)23(29)25-17-9-7-10-18(15-17)27-13-5-6-14-27/h3-4,7,9-12,15,20H,2,5-6,8,13-14,16H2,1H3,(H,25,29)(H,26,28). The van der Waals surface area contributed by atoms with Crippen LogP contribution in [0.2, 0.25) is 5.02 Å². The predicted octanol–water partition coefficient (Wildman–Crippen LogP) is 4.24. The van der Waals surface area contributed by atoms with Gasteiger partial charge in [-0.25, -0.2) is 0 Å². The smallest absolute Gasteiger partial charge is 0.258 e. The molecule has 1 aliphatic heterocycles. The highest BCUT2D eigenvalue weighted by Crippen LogP contribution is 2.24. The number of nitrogens with one attached hydrogen (secondary N) is 2. The molecule has 7 heteroatoms. The normalized spacial score (nSPS) is 14.3. The van der Waals surface area contributed by atoms with Crippen LogP contribution in [0.25, 0.3) is 0 Å². The van der Waals surface area contributed by atoms with Crippen molar-refractivity contribution in [3.8, 4) is 5.75 Å². The highest BCUT2D eigenvalue weighted by molar-refractivity contribution is 6.32. The van der Waals surface area contributed by atoms with Crippen LogP contribution in [0.3, 0.4) is 0 Å². The molecule has 1 fully saturated rings. The summed E-state index contributed by atoms with van der Waals surface area (Å²) in [6.45, 7) is 3.84. The van der Waals surface area contributed by atoms with Crippen LogP contribution in [0.1, 0.15) is 32.6 Å². The van der Waals surface area contributed by atoms with Gasteiger partial charge in [-0.3, -0.25) is 9.59 Å². The minimum atomic E-state index is -0.632. The maximum Gasteiger partial charge on any atom is 0.258 e. The quantitative estimate of drug-likeness (QED) is 0.625. The number of benzene rings is 2. The molecule has 0 saturated carbocycles. The Bertz CT molecular complexity index is 868. The molecule has 160 valence electrons. The van der Waals surface area contributed by atoms with Crippen LogP contribution in [0.15, 0.2) is 48.5 Å². The lowest BCUT2D eigenvalue weighted by atomic mass is 10.1. The van der Waals surface area contributed by atoms with Crippen molar-refractivity contribution < 1.29 is 14.3 Å². The van der Waals surface area contributed by atoms with Gasteiger partial charge in [0.2, 0.25) is 5.91 Å². The number of hydrogen-bond acceptors (Lipinski definition) is 4. The van der Waals surface area contributed by atoms with Gasteiger partial charge in [-0.1, -0.05) is 43.1 Å². The number of halogens is 1. The van der Waals surface area contributed by atoms with Crippen molar-refractivity contribution in [2.45, 2.75) is 38.6 Å². The first-order valence-electron chi connectivity index (χ1n) is 10.4. The van der Waals surface area contributed by atoms with Gasteiger partial charge in [0.25, 0.3) is 5.91 Å². The molecule has 0 aromatic heterocycles. The molecule has 0 radical (unpaired) electrons. The summed E-state index contributed by atoms with van der Waals surface area (Å²) in [4.78, 5) is 27.4. The second-order valence-electron chi connectivity index (χ2n) is 7.36. The van der Waals surface area contributed by atoms with E-state index in [4.69, 9.17) is 16.3 Å². The number of amides is 2. The fourth-order valence-corrected chi connectivity index (χ4v) is 3.67. The summed E-state index contributed by atoms with van der Waals surface area (Å²) in [5, 5.41) is 6.14. The summed E-state index contributed by atoms with van der Waals surface area (Å²) in [5.41, 5.74) is 1.83. The Labute approximate surface area is 182 Å². The van der Waals surface area contributed by atoms with E-state index in [0.29, 0.717) is 17.2 Å². The largest absolute Gasteiger partial charge is 0.482 e. The van der Waals surface area contributed by atoms with E-state index in [0.717, 1.165) is 30.9 Å². The number of anilines is 2. The highest BCUT2D eigenvalue weighted by atomic mass is 35.5. The van der Waals surface area contributed by atoms with Gasteiger partial charge in [0, 0.05) is 24.5 Å². The van der Waals surface area contributed by atoms with E-state index in [1.807, 2.05) is 25.1 Å². The minimum absolute atomic E-state index is 0.207. The molecule has 2 aromatic rings. The zero-order valence-electron chi connectivity index (χ0n) is 17.2. The highest BCUT2D eigenvalue weighted by Gasteiger charge is 2.21. The first kappa shape index (κ1) is 22.0. The summed E-state index contributed by atoms with van der Waals surface area (Å²) < 4.78 is 5.47. The van der Waals surface area contributed by atoms with E-state index in [1.165, 1.54) is 12.8 Å². The summed E-state index contributed by atoms with van der Waals surface area (Å²) in [7, 11) is 0. The van der Waals surface area contributed by atoms with Gasteiger partial charge in [-0.15, -0.1) is 0 Å². The Morgan fingerprint density at radius 2 is 1.90 bits per heavy atom. The monoisotopic (exact) mass is 429 g/mol. The van der Waals surface area contributed by atoms with E-state index < -0.39 is 6.04 Å². The van der Waals surface area contributed by atoms with Crippen LogP contribution in [0.5, 0.6) is 5.75 Å². The van der Waals surface area contributed by atoms with Crippen molar-refractivity contribution in [2.24, 2.45) is 0 Å². The predicted molar refractivity (Wildman–Crippen MR) is 120 cm³/mol. The maximum absolute atomic E-state index is 12.8. The van der Waals surface area contributed by atoms with E-state index in [2.05, 4.69) is 21.6 Å². The average Bonchev–Trinajstić information content (AvgIpc) is 3.28. The number of rotatable bonds is 9. The molecule has 1 heterocycles. The van der Waals surface area contributed by atoms with Crippen molar-refractivity contribution in [3.63, 3.8) is 0 Å². The van der Waals surface area contributed by atoms with Crippen LogP contribution in [-0.2, 0) is 9.59 Å². The third kappa shape index (κ3) is 6.13. The number of carbonyl (C=O) groups excluding carboxylic acids is 2. The third-order valence-electron chi connectivity index (χ3n) is 5.01. The van der Waals surface area contributed by atoms with Crippen LogP contribution >= 0.6 is 11.6 Å². The number of ether oxygens (including phenoxy) is 1. The molecule has 1 saturated heterocycles. The van der Waals surface area contributed by atoms with Crippen LogP contribution in [-0.4, -0.2) is 37.6 Å². The lowest BCUT2D eigenvalue weighted by molar-refractivity contribution is -0.128. The molecule has 2 N–H and O–H groups in total. The summed E-state index contributed by atoms with van der Waals surface area (Å²) in [6.07, 6.45) is 3.68. The van der Waals surface area contributed by atoms with Crippen LogP contribution in [0.4, 0.5) is 11.4 Å². The van der Waals surface area contributed by atoms with E-state index in [-0.39, 0.29) is 18.4 Å². The molecule has 0 bridgehead atoms. The van der Waals surface area contributed by atoms with Crippen molar-refractivity contribution in [3.05, 3.63) is 53.6 Å². The van der Waals surface area contributed by atoms with Gasteiger partial charge in [-0.05, 0) is 49.6 Å². The molecule has 6 nitrogen and oxygen atoms in total. The second-order valence-corrected chi connectivity index (χ2v) is 7.77. The number of hydrogen-bond donors (Lipinski definition) is 2. The van der Waals surface area contributed by atoms with Gasteiger partial charge in [-0.2, -0.15) is 0 Å². The molecule has 1 unspecified atom stereocenters. The molecule has 2 aromatic carbocycles. The van der Waals surface area contributed by atoms with E-state index in [1.54, 1.807) is 24.3 Å². The lowest BCUT2D eigenvalue weighted by Gasteiger charge is -2.20. The number of nitrogens with zero attached hydrogens (tertiary/aromatic N) is 1. The number of carbonyl (C=O) groups is 2. The lowest BCUT2D eigenvalue weighted by Crippen LogP contribution is -2.45. The average molecular weight is 430 g/mol. The van der Waals surface area contributed by atoms with Crippen LogP contribution in [0, 0.1) is 0 Å². The van der Waals surface area contributed by atoms with Crippen LogP contribution < -0.4 is 20.3 Å². The molecule has 1 atom stereocenters. The molecule has 3 rings (SSSR count). The Kier molecular flexibility index (Phi) is 7.97. The Morgan fingerprint density at radius 3 is 2.63 bits per heavy atom. The molecule has 30 heavy (non-hydrogen) atoms. The summed E-state index contributed by atoms with van der Waals surface area (Å²) in [6, 6.07) is 14.2. The molecular formula is C23H28ClN3O3. The zero-order valence-corrected chi connectivity index (χ0v) is 18.0. The SMILES string of the molecule is CCCC(NC(=O)COc1ccccc1Cl)C(=O)Nc1cccc(N2CCCC2)c1. The molecular weight excluding hydrogens is 402 g/mol. The van der Waals surface area contributed by atoms with Gasteiger partial charge < -0.3 is 20.3 Å². The van der Waals surface area contributed by atoms with Gasteiger partial charge >= 0.3 is 0 Å². The Hall–Kier alpha value is -2.73. The topological polar surface area (TPSA) is 70.7 Å². The van der Waals surface area contributed by atoms with Crippen molar-refractivity contribution in [2.75, 3.05) is 29.9 Å². The summed E-state index contributed by atoms with van der Waals surface area (Å²) in [5.74, 6) is -0.166. The summed E-state index contributed by atoms with van der Waals surface area (Å²) >= 11 is 6.04. The second kappa shape index (κ2) is 10.9. The van der Waals surface area contributed by atoms with Gasteiger partial charge in [0.05, 0.1) is 5.02 Å². The molecule has 1 aliphatic rings. The first-order valence-corrected chi connectivity index (χ1v) is 10.8. The van der Waals surface area contributed by atoms with E-state index >= 15 is 0 Å². The molecule has 0 spiro atoms.